The van der Waals surface area contributed by atoms with Crippen LogP contribution in [0.5, 0.6) is 5.75 Å². The van der Waals surface area contributed by atoms with E-state index in [1.807, 2.05) is 56.3 Å². The molecule has 0 spiro atoms. The molecule has 0 aliphatic heterocycles. The number of ether oxygens (including phenoxy) is 2. The summed E-state index contributed by atoms with van der Waals surface area (Å²) in [6.45, 7) is 4.19. The third-order valence-electron chi connectivity index (χ3n) is 5.86. The normalized spacial score (nSPS) is 12.0. The van der Waals surface area contributed by atoms with Gasteiger partial charge in [-0.1, -0.05) is 74.0 Å². The van der Waals surface area contributed by atoms with Gasteiger partial charge in [-0.15, -0.1) is 13.2 Å². The highest BCUT2D eigenvalue weighted by Crippen LogP contribution is 2.28. The molecule has 37 heavy (non-hydrogen) atoms. The molecule has 0 saturated carbocycles. The first-order valence-electron chi connectivity index (χ1n) is 12.1. The Labute approximate surface area is 214 Å². The summed E-state index contributed by atoms with van der Waals surface area (Å²) in [5.74, 6) is -0.306. The smallest absolute Gasteiger partial charge is 0.450 e. The van der Waals surface area contributed by atoms with Gasteiger partial charge in [0.25, 0.3) is 0 Å². The van der Waals surface area contributed by atoms with Crippen LogP contribution >= 0.6 is 0 Å². The third-order valence-corrected chi connectivity index (χ3v) is 5.86. The fraction of sp³-hybridized carbons (Fsp3) is 0.310. The quantitative estimate of drug-likeness (QED) is 0.210. The number of Topliss-reactive ketones (excluding diaryl/α,β-unsaturated/α-hetero) is 1. The molecule has 0 aliphatic carbocycles. The van der Waals surface area contributed by atoms with Crippen LogP contribution in [0.2, 0.25) is 0 Å². The molecule has 0 bridgehead atoms. The number of alkyl halides is 3. The Hall–Kier alpha value is -3.81. The van der Waals surface area contributed by atoms with E-state index in [9.17, 15) is 22.8 Å². The van der Waals surface area contributed by atoms with Gasteiger partial charge in [0.2, 0.25) is 0 Å². The summed E-state index contributed by atoms with van der Waals surface area (Å²) >= 11 is 0. The summed E-state index contributed by atoms with van der Waals surface area (Å²) < 4.78 is 46.4. The molecule has 0 aromatic heterocycles. The maximum Gasteiger partial charge on any atom is 0.573 e. The number of aryl methyl sites for hydroxylation is 1. The fourth-order valence-electron chi connectivity index (χ4n) is 3.87. The fourth-order valence-corrected chi connectivity index (χ4v) is 3.87. The van der Waals surface area contributed by atoms with Gasteiger partial charge in [0, 0.05) is 12.0 Å². The number of hydrogen-bond donors (Lipinski definition) is 1. The predicted molar refractivity (Wildman–Crippen MR) is 135 cm³/mol. The summed E-state index contributed by atoms with van der Waals surface area (Å²) in [5.41, 5.74) is 3.82. The van der Waals surface area contributed by atoms with E-state index in [-0.39, 0.29) is 18.0 Å². The highest BCUT2D eigenvalue weighted by Gasteiger charge is 2.31. The van der Waals surface area contributed by atoms with Crippen LogP contribution in [0.15, 0.2) is 72.8 Å². The van der Waals surface area contributed by atoms with Crippen molar-refractivity contribution in [2.24, 2.45) is 0 Å². The van der Waals surface area contributed by atoms with Gasteiger partial charge in [0.15, 0.2) is 5.78 Å². The van der Waals surface area contributed by atoms with E-state index in [4.69, 9.17) is 4.74 Å². The average molecular weight is 514 g/mol. The molecule has 0 radical (unpaired) electrons. The van der Waals surface area contributed by atoms with Gasteiger partial charge < -0.3 is 14.8 Å². The van der Waals surface area contributed by atoms with E-state index in [0.717, 1.165) is 29.5 Å². The van der Waals surface area contributed by atoms with E-state index < -0.39 is 18.5 Å². The lowest BCUT2D eigenvalue weighted by molar-refractivity contribution is -0.274. The Bertz CT molecular complexity index is 1180. The third kappa shape index (κ3) is 8.66. The zero-order valence-electron chi connectivity index (χ0n) is 20.8. The number of halogens is 3. The molecule has 0 saturated heterocycles. The van der Waals surface area contributed by atoms with Crippen molar-refractivity contribution in [1.29, 1.82) is 0 Å². The van der Waals surface area contributed by atoms with Gasteiger partial charge >= 0.3 is 12.5 Å². The predicted octanol–water partition coefficient (Wildman–Crippen LogP) is 7.79. The molecule has 8 heteroatoms. The van der Waals surface area contributed by atoms with Gasteiger partial charge in [0.1, 0.15) is 5.75 Å². The van der Waals surface area contributed by atoms with Crippen LogP contribution in [-0.4, -0.2) is 24.8 Å². The Morgan fingerprint density at radius 3 is 2.14 bits per heavy atom. The lowest BCUT2D eigenvalue weighted by atomic mass is 9.95. The number of alkyl carbamates (subject to hydrolysis) is 1. The van der Waals surface area contributed by atoms with Crippen molar-refractivity contribution in [3.63, 3.8) is 0 Å². The number of ketones is 1. The summed E-state index contributed by atoms with van der Waals surface area (Å²) in [6, 6.07) is 19.8. The van der Waals surface area contributed by atoms with Crippen molar-refractivity contribution < 1.29 is 32.2 Å². The molecule has 0 fully saturated rings. The lowest BCUT2D eigenvalue weighted by Gasteiger charge is -2.19. The summed E-state index contributed by atoms with van der Waals surface area (Å²) in [4.78, 5) is 25.2. The first-order chi connectivity index (χ1) is 17.7. The monoisotopic (exact) mass is 513 g/mol. The van der Waals surface area contributed by atoms with E-state index >= 15 is 0 Å². The Morgan fingerprint density at radius 2 is 1.54 bits per heavy atom. The van der Waals surface area contributed by atoms with Gasteiger partial charge in [0.05, 0.1) is 12.6 Å². The second kappa shape index (κ2) is 12.9. The number of benzene rings is 3. The zero-order chi connectivity index (χ0) is 26.8. The van der Waals surface area contributed by atoms with E-state index in [0.29, 0.717) is 24.2 Å². The standard InChI is InChI=1S/C29H30F3NO4/c1-3-4-19-36-28(35)33-26(17-18-27(34)25-8-6-5-7-20(25)2)23-11-9-21(10-12-23)22-13-15-24(16-14-22)37-29(30,31)32/h5-16,26H,3-4,17-19H2,1-2H3,(H,33,35). The molecule has 5 nitrogen and oxygen atoms in total. The SMILES string of the molecule is CCCCOC(=O)NC(CCC(=O)c1ccccc1C)c1ccc(-c2ccc(OC(F)(F)F)cc2)cc1. The highest BCUT2D eigenvalue weighted by atomic mass is 19.4. The maximum atomic E-state index is 12.8. The first-order valence-corrected chi connectivity index (χ1v) is 12.1. The van der Waals surface area contributed by atoms with Crippen molar-refractivity contribution in [2.45, 2.75) is 51.9 Å². The minimum absolute atomic E-state index is 0.0120. The van der Waals surface area contributed by atoms with Gasteiger partial charge in [-0.3, -0.25) is 4.79 Å². The van der Waals surface area contributed by atoms with E-state index in [1.54, 1.807) is 6.07 Å². The number of carbonyl (C=O) groups excluding carboxylic acids is 2. The van der Waals surface area contributed by atoms with E-state index in [1.165, 1.54) is 24.3 Å². The van der Waals surface area contributed by atoms with Crippen LogP contribution in [0.25, 0.3) is 11.1 Å². The van der Waals surface area contributed by atoms with Crippen LogP contribution in [-0.2, 0) is 4.74 Å². The molecule has 1 N–H and O–H groups in total. The van der Waals surface area contributed by atoms with Crippen LogP contribution < -0.4 is 10.1 Å². The minimum Gasteiger partial charge on any atom is -0.450 e. The molecular formula is C29H30F3NO4. The van der Waals surface area contributed by atoms with Crippen LogP contribution in [0.3, 0.4) is 0 Å². The topological polar surface area (TPSA) is 64.6 Å². The van der Waals surface area contributed by atoms with Crippen molar-refractivity contribution in [3.8, 4) is 16.9 Å². The average Bonchev–Trinajstić information content (AvgIpc) is 2.86. The number of rotatable bonds is 11. The Balaban J connectivity index is 1.73. The summed E-state index contributed by atoms with van der Waals surface area (Å²) in [7, 11) is 0. The molecule has 0 heterocycles. The van der Waals surface area contributed by atoms with Gasteiger partial charge in [-0.2, -0.15) is 0 Å². The zero-order valence-corrected chi connectivity index (χ0v) is 20.8. The van der Waals surface area contributed by atoms with Gasteiger partial charge in [-0.25, -0.2) is 4.79 Å². The summed E-state index contributed by atoms with van der Waals surface area (Å²) in [5, 5.41) is 2.87. The molecule has 3 aromatic carbocycles. The van der Waals surface area contributed by atoms with Crippen LogP contribution in [0, 0.1) is 6.92 Å². The van der Waals surface area contributed by atoms with Crippen molar-refractivity contribution in [2.75, 3.05) is 6.61 Å². The van der Waals surface area contributed by atoms with Crippen LogP contribution in [0.4, 0.5) is 18.0 Å². The number of unbranched alkanes of at least 4 members (excludes halogenated alkanes) is 1. The molecule has 1 unspecified atom stereocenters. The largest absolute Gasteiger partial charge is 0.573 e. The molecular weight excluding hydrogens is 483 g/mol. The number of carbonyl (C=O) groups is 2. The minimum atomic E-state index is -4.75. The second-order valence-electron chi connectivity index (χ2n) is 8.66. The lowest BCUT2D eigenvalue weighted by Crippen LogP contribution is -2.30. The molecule has 3 aromatic rings. The van der Waals surface area contributed by atoms with Crippen molar-refractivity contribution in [1.82, 2.24) is 5.32 Å². The van der Waals surface area contributed by atoms with Gasteiger partial charge in [-0.05, 0) is 54.2 Å². The summed E-state index contributed by atoms with van der Waals surface area (Å²) in [6.07, 6.45) is -3.04. The Kier molecular flexibility index (Phi) is 9.71. The van der Waals surface area contributed by atoms with E-state index in [2.05, 4.69) is 10.1 Å². The molecule has 196 valence electrons. The van der Waals surface area contributed by atoms with Crippen molar-refractivity contribution in [3.05, 3.63) is 89.5 Å². The van der Waals surface area contributed by atoms with Crippen LogP contribution in [0.1, 0.15) is 60.1 Å². The highest BCUT2D eigenvalue weighted by molar-refractivity contribution is 5.97. The number of amides is 1. The molecule has 0 aliphatic rings. The Morgan fingerprint density at radius 1 is 0.919 bits per heavy atom. The first kappa shape index (κ1) is 27.8. The molecule has 3 rings (SSSR count). The maximum absolute atomic E-state index is 12.8. The molecule has 1 atom stereocenters. The molecule has 1 amide bonds. The second-order valence-corrected chi connectivity index (χ2v) is 8.66. The van der Waals surface area contributed by atoms with Crippen molar-refractivity contribution >= 4 is 11.9 Å². The number of hydrogen-bond acceptors (Lipinski definition) is 4. The number of nitrogens with one attached hydrogen (secondary N) is 1.